The molecule has 2 aromatic rings. The Morgan fingerprint density at radius 2 is 1.76 bits per heavy atom. The molecule has 114 valence electrons. The zero-order valence-corrected chi connectivity index (χ0v) is 13.9. The number of hydrogen-bond acceptors (Lipinski definition) is 2. The Bertz CT molecular complexity index is 560. The number of rotatable bonds is 5. The molecular weight excluding hydrogens is 258 g/mol. The van der Waals surface area contributed by atoms with Crippen molar-refractivity contribution in [2.45, 2.75) is 52.5 Å². The van der Waals surface area contributed by atoms with Crippen molar-refractivity contribution in [1.29, 1.82) is 0 Å². The van der Waals surface area contributed by atoms with E-state index in [4.69, 9.17) is 4.42 Å². The van der Waals surface area contributed by atoms with E-state index in [-0.39, 0.29) is 11.5 Å². The second-order valence-electron chi connectivity index (χ2n) is 6.73. The standard InChI is InChI=1S/C19H27NO/c1-6-12-20-17(18-14(2)11-13-21-18)15-7-9-16(10-8-15)19(3,4)5/h7-11,13,17,20H,6,12H2,1-5H3. The minimum atomic E-state index is 0.133. The van der Waals surface area contributed by atoms with Crippen molar-refractivity contribution in [2.75, 3.05) is 6.54 Å². The molecule has 0 saturated heterocycles. The number of furan rings is 1. The highest BCUT2D eigenvalue weighted by Crippen LogP contribution is 2.28. The van der Waals surface area contributed by atoms with E-state index in [1.165, 1.54) is 16.7 Å². The maximum atomic E-state index is 5.71. The van der Waals surface area contributed by atoms with Crippen LogP contribution >= 0.6 is 0 Å². The summed E-state index contributed by atoms with van der Waals surface area (Å²) in [4.78, 5) is 0. The Hall–Kier alpha value is -1.54. The molecule has 0 radical (unpaired) electrons. The fourth-order valence-electron chi connectivity index (χ4n) is 2.51. The molecule has 1 N–H and O–H groups in total. The minimum Gasteiger partial charge on any atom is -0.467 e. The SMILES string of the molecule is CCCNC(c1ccc(C(C)(C)C)cc1)c1occc1C. The molecule has 0 fully saturated rings. The summed E-state index contributed by atoms with van der Waals surface area (Å²) in [5.74, 6) is 1.02. The van der Waals surface area contributed by atoms with Crippen LogP contribution in [0.4, 0.5) is 0 Å². The van der Waals surface area contributed by atoms with Gasteiger partial charge < -0.3 is 9.73 Å². The molecule has 2 nitrogen and oxygen atoms in total. The van der Waals surface area contributed by atoms with E-state index in [1.807, 2.05) is 6.07 Å². The van der Waals surface area contributed by atoms with Crippen LogP contribution in [-0.2, 0) is 5.41 Å². The molecule has 0 aliphatic carbocycles. The average molecular weight is 285 g/mol. The molecule has 1 aromatic carbocycles. The van der Waals surface area contributed by atoms with E-state index in [0.29, 0.717) is 0 Å². The topological polar surface area (TPSA) is 25.2 Å². The van der Waals surface area contributed by atoms with Gasteiger partial charge in [0.05, 0.1) is 12.3 Å². The van der Waals surface area contributed by atoms with Crippen molar-refractivity contribution in [1.82, 2.24) is 5.32 Å². The van der Waals surface area contributed by atoms with Crippen molar-refractivity contribution in [3.05, 3.63) is 59.0 Å². The van der Waals surface area contributed by atoms with Crippen molar-refractivity contribution in [3.8, 4) is 0 Å². The minimum absolute atomic E-state index is 0.133. The first kappa shape index (κ1) is 15.8. The third kappa shape index (κ3) is 3.76. The predicted octanol–water partition coefficient (Wildman–Crippen LogP) is 4.97. The summed E-state index contributed by atoms with van der Waals surface area (Å²) >= 11 is 0. The fraction of sp³-hybridized carbons (Fsp3) is 0.474. The molecule has 2 heteroatoms. The Kier molecular flexibility index (Phi) is 4.89. The second-order valence-corrected chi connectivity index (χ2v) is 6.73. The van der Waals surface area contributed by atoms with Gasteiger partial charge in [-0.25, -0.2) is 0 Å². The molecule has 0 saturated carbocycles. The summed E-state index contributed by atoms with van der Waals surface area (Å²) in [5, 5.41) is 3.59. The van der Waals surface area contributed by atoms with Gasteiger partial charge in [0.1, 0.15) is 5.76 Å². The van der Waals surface area contributed by atoms with E-state index >= 15 is 0 Å². The smallest absolute Gasteiger partial charge is 0.128 e. The van der Waals surface area contributed by atoms with Crippen molar-refractivity contribution >= 4 is 0 Å². The lowest BCUT2D eigenvalue weighted by Crippen LogP contribution is -2.23. The van der Waals surface area contributed by atoms with Gasteiger partial charge in [-0.05, 0) is 48.1 Å². The number of nitrogens with one attached hydrogen (secondary N) is 1. The lowest BCUT2D eigenvalue weighted by atomic mass is 9.86. The van der Waals surface area contributed by atoms with E-state index in [0.717, 1.165) is 18.7 Å². The molecule has 0 spiro atoms. The highest BCUT2D eigenvalue weighted by molar-refractivity contribution is 5.34. The van der Waals surface area contributed by atoms with Crippen LogP contribution in [0.1, 0.15) is 62.6 Å². The van der Waals surface area contributed by atoms with Gasteiger partial charge in [-0.3, -0.25) is 0 Å². The fourth-order valence-corrected chi connectivity index (χ4v) is 2.51. The summed E-state index contributed by atoms with van der Waals surface area (Å²) < 4.78 is 5.71. The molecule has 0 bridgehead atoms. The number of hydrogen-bond donors (Lipinski definition) is 1. The quantitative estimate of drug-likeness (QED) is 0.838. The summed E-state index contributed by atoms with van der Waals surface area (Å²) in [7, 11) is 0. The Balaban J connectivity index is 2.31. The zero-order valence-electron chi connectivity index (χ0n) is 13.9. The molecule has 1 atom stereocenters. The maximum Gasteiger partial charge on any atom is 0.128 e. The van der Waals surface area contributed by atoms with E-state index in [9.17, 15) is 0 Å². The molecule has 1 unspecified atom stereocenters. The number of aryl methyl sites for hydroxylation is 1. The van der Waals surface area contributed by atoms with Crippen molar-refractivity contribution in [3.63, 3.8) is 0 Å². The number of benzene rings is 1. The summed E-state index contributed by atoms with van der Waals surface area (Å²) in [5.41, 5.74) is 4.00. The first-order valence-corrected chi connectivity index (χ1v) is 7.81. The van der Waals surface area contributed by atoms with Crippen molar-refractivity contribution in [2.24, 2.45) is 0 Å². The molecule has 0 aliphatic heterocycles. The van der Waals surface area contributed by atoms with Crippen LogP contribution in [0.2, 0.25) is 0 Å². The monoisotopic (exact) mass is 285 g/mol. The van der Waals surface area contributed by atoms with Crippen LogP contribution in [0, 0.1) is 6.92 Å². The van der Waals surface area contributed by atoms with Gasteiger partial charge in [-0.2, -0.15) is 0 Å². The van der Waals surface area contributed by atoms with E-state index < -0.39 is 0 Å². The summed E-state index contributed by atoms with van der Waals surface area (Å²) in [6.07, 6.45) is 2.88. The van der Waals surface area contributed by atoms with Crippen LogP contribution in [0.5, 0.6) is 0 Å². The molecule has 1 aromatic heterocycles. The van der Waals surface area contributed by atoms with Crippen LogP contribution in [0.15, 0.2) is 41.0 Å². The first-order chi connectivity index (χ1) is 9.93. The maximum absolute atomic E-state index is 5.71. The molecule has 21 heavy (non-hydrogen) atoms. The van der Waals surface area contributed by atoms with E-state index in [2.05, 4.69) is 64.2 Å². The second kappa shape index (κ2) is 6.48. The molecule has 0 aliphatic rings. The van der Waals surface area contributed by atoms with Crippen LogP contribution < -0.4 is 5.32 Å². The van der Waals surface area contributed by atoms with Gasteiger partial charge in [-0.15, -0.1) is 0 Å². The highest BCUT2D eigenvalue weighted by Gasteiger charge is 2.20. The van der Waals surface area contributed by atoms with Crippen LogP contribution in [0.3, 0.4) is 0 Å². The Labute approximate surface area is 128 Å². The third-order valence-corrected chi connectivity index (χ3v) is 3.87. The van der Waals surface area contributed by atoms with Gasteiger partial charge in [0.2, 0.25) is 0 Å². The zero-order chi connectivity index (χ0) is 15.5. The first-order valence-electron chi connectivity index (χ1n) is 7.81. The van der Waals surface area contributed by atoms with Gasteiger partial charge in [0.15, 0.2) is 0 Å². The van der Waals surface area contributed by atoms with Crippen LogP contribution in [-0.4, -0.2) is 6.54 Å². The lowest BCUT2D eigenvalue weighted by molar-refractivity contribution is 0.443. The Morgan fingerprint density at radius 1 is 1.10 bits per heavy atom. The molecule has 2 rings (SSSR count). The molecule has 1 heterocycles. The lowest BCUT2D eigenvalue weighted by Gasteiger charge is -2.22. The molecular formula is C19H27NO. The van der Waals surface area contributed by atoms with Gasteiger partial charge in [-0.1, -0.05) is 52.0 Å². The normalized spacial score (nSPS) is 13.4. The largest absolute Gasteiger partial charge is 0.467 e. The molecule has 0 amide bonds. The summed E-state index contributed by atoms with van der Waals surface area (Å²) in [6, 6.07) is 11.1. The van der Waals surface area contributed by atoms with Gasteiger partial charge in [0.25, 0.3) is 0 Å². The highest BCUT2D eigenvalue weighted by atomic mass is 16.3. The summed E-state index contributed by atoms with van der Waals surface area (Å²) in [6.45, 7) is 12.0. The third-order valence-electron chi connectivity index (χ3n) is 3.87. The van der Waals surface area contributed by atoms with Crippen LogP contribution in [0.25, 0.3) is 0 Å². The van der Waals surface area contributed by atoms with Crippen molar-refractivity contribution < 1.29 is 4.42 Å². The van der Waals surface area contributed by atoms with Gasteiger partial charge >= 0.3 is 0 Å². The average Bonchev–Trinajstić information content (AvgIpc) is 2.85. The predicted molar refractivity (Wildman–Crippen MR) is 88.7 cm³/mol. The van der Waals surface area contributed by atoms with Gasteiger partial charge in [0, 0.05) is 0 Å². The Morgan fingerprint density at radius 3 is 2.24 bits per heavy atom. The van der Waals surface area contributed by atoms with E-state index in [1.54, 1.807) is 6.26 Å².